The van der Waals surface area contributed by atoms with Crippen LogP contribution in [0.4, 0.5) is 0 Å². The molecule has 0 radical (unpaired) electrons. The minimum Gasteiger partial charge on any atom is -0.348 e. The molecule has 0 bridgehead atoms. The first-order chi connectivity index (χ1) is 11.3. The molecule has 0 atom stereocenters. The molecular formula is C18H16N4O. The van der Waals surface area contributed by atoms with Crippen molar-refractivity contribution in [3.63, 3.8) is 0 Å². The Morgan fingerprint density at radius 3 is 2.48 bits per heavy atom. The molecular weight excluding hydrogens is 288 g/mol. The van der Waals surface area contributed by atoms with Crippen LogP contribution >= 0.6 is 0 Å². The highest BCUT2D eigenvalue weighted by molar-refractivity contribution is 5.93. The van der Waals surface area contributed by atoms with E-state index in [9.17, 15) is 4.79 Å². The number of rotatable bonds is 5. The lowest BCUT2D eigenvalue weighted by molar-refractivity contribution is 0.0950. The van der Waals surface area contributed by atoms with E-state index in [0.29, 0.717) is 12.1 Å². The first-order valence-electron chi connectivity index (χ1n) is 7.34. The summed E-state index contributed by atoms with van der Waals surface area (Å²) in [4.78, 5) is 16.5. The van der Waals surface area contributed by atoms with Crippen LogP contribution in [0.2, 0.25) is 0 Å². The Bertz CT molecular complexity index is 758. The molecule has 2 heterocycles. The van der Waals surface area contributed by atoms with Crippen LogP contribution in [-0.4, -0.2) is 21.1 Å². The lowest BCUT2D eigenvalue weighted by atomic mass is 10.1. The molecule has 1 aromatic carbocycles. The number of carbonyl (C=O) groups is 1. The van der Waals surface area contributed by atoms with Gasteiger partial charge in [0.15, 0.2) is 0 Å². The van der Waals surface area contributed by atoms with Gasteiger partial charge in [-0.05, 0) is 29.3 Å². The van der Waals surface area contributed by atoms with Crippen LogP contribution in [0.25, 0.3) is 0 Å². The van der Waals surface area contributed by atoms with Gasteiger partial charge in [0.05, 0.1) is 11.8 Å². The smallest absolute Gasteiger partial charge is 0.253 e. The summed E-state index contributed by atoms with van der Waals surface area (Å²) in [5.74, 6) is -0.152. The maximum Gasteiger partial charge on any atom is 0.253 e. The van der Waals surface area contributed by atoms with Gasteiger partial charge in [0, 0.05) is 31.1 Å². The largest absolute Gasteiger partial charge is 0.348 e. The van der Waals surface area contributed by atoms with Crippen molar-refractivity contribution >= 4 is 5.91 Å². The number of amides is 1. The predicted molar refractivity (Wildman–Crippen MR) is 86.7 cm³/mol. The Morgan fingerprint density at radius 2 is 1.78 bits per heavy atom. The minimum atomic E-state index is -0.152. The first-order valence-corrected chi connectivity index (χ1v) is 7.34. The molecule has 0 fully saturated rings. The van der Waals surface area contributed by atoms with E-state index in [2.05, 4.69) is 32.6 Å². The molecule has 114 valence electrons. The monoisotopic (exact) mass is 304 g/mol. The van der Waals surface area contributed by atoms with Crippen LogP contribution in [-0.2, 0) is 13.0 Å². The molecule has 0 saturated carbocycles. The molecule has 0 saturated heterocycles. The van der Waals surface area contributed by atoms with Gasteiger partial charge in [-0.25, -0.2) is 0 Å². The summed E-state index contributed by atoms with van der Waals surface area (Å²) >= 11 is 0. The molecule has 5 nitrogen and oxygen atoms in total. The van der Waals surface area contributed by atoms with Crippen molar-refractivity contribution in [1.82, 2.24) is 20.5 Å². The minimum absolute atomic E-state index is 0.152. The van der Waals surface area contributed by atoms with E-state index in [1.54, 1.807) is 24.7 Å². The molecule has 0 aliphatic carbocycles. The summed E-state index contributed by atoms with van der Waals surface area (Å²) < 4.78 is 0. The Labute approximate surface area is 134 Å². The Morgan fingerprint density at radius 1 is 0.913 bits per heavy atom. The maximum atomic E-state index is 12.1. The number of aromatic nitrogens is 3. The summed E-state index contributed by atoms with van der Waals surface area (Å²) in [6.45, 7) is 0.417. The number of nitrogens with one attached hydrogen (secondary N) is 1. The van der Waals surface area contributed by atoms with E-state index >= 15 is 0 Å². The van der Waals surface area contributed by atoms with Crippen LogP contribution in [0.5, 0.6) is 0 Å². The fourth-order valence-corrected chi connectivity index (χ4v) is 2.18. The van der Waals surface area contributed by atoms with Crippen molar-refractivity contribution in [1.29, 1.82) is 0 Å². The van der Waals surface area contributed by atoms with Crippen molar-refractivity contribution in [3.05, 3.63) is 89.5 Å². The van der Waals surface area contributed by atoms with Gasteiger partial charge >= 0.3 is 0 Å². The molecule has 0 aliphatic heterocycles. The lowest BCUT2D eigenvalue weighted by Gasteiger charge is -2.06. The molecule has 0 unspecified atom stereocenters. The molecule has 2 aromatic heterocycles. The van der Waals surface area contributed by atoms with E-state index in [1.807, 2.05) is 30.3 Å². The van der Waals surface area contributed by atoms with Gasteiger partial charge in [-0.15, -0.1) is 0 Å². The fraction of sp³-hybridized carbons (Fsp3) is 0.111. The first kappa shape index (κ1) is 14.8. The zero-order chi connectivity index (χ0) is 15.9. The topological polar surface area (TPSA) is 67.8 Å². The van der Waals surface area contributed by atoms with Crippen LogP contribution in [0, 0.1) is 0 Å². The van der Waals surface area contributed by atoms with E-state index in [4.69, 9.17) is 0 Å². The molecule has 0 spiro atoms. The number of nitrogens with zero attached hydrogens (tertiary/aromatic N) is 3. The van der Waals surface area contributed by atoms with Crippen molar-refractivity contribution in [2.75, 3.05) is 0 Å². The third kappa shape index (κ3) is 4.20. The average Bonchev–Trinajstić information content (AvgIpc) is 2.62. The number of carbonyl (C=O) groups excluding carboxylic acids is 1. The predicted octanol–water partition coefficient (Wildman–Crippen LogP) is 2.39. The normalized spacial score (nSPS) is 10.3. The zero-order valence-electron chi connectivity index (χ0n) is 12.5. The van der Waals surface area contributed by atoms with Gasteiger partial charge in [0.2, 0.25) is 0 Å². The van der Waals surface area contributed by atoms with Gasteiger partial charge < -0.3 is 5.32 Å². The highest BCUT2D eigenvalue weighted by Gasteiger charge is 2.06. The van der Waals surface area contributed by atoms with Gasteiger partial charge in [-0.1, -0.05) is 30.3 Å². The van der Waals surface area contributed by atoms with Gasteiger partial charge in [0.25, 0.3) is 5.91 Å². The van der Waals surface area contributed by atoms with Crippen molar-refractivity contribution in [2.24, 2.45) is 0 Å². The summed E-state index contributed by atoms with van der Waals surface area (Å²) in [6, 6.07) is 15.6. The van der Waals surface area contributed by atoms with Crippen LogP contribution < -0.4 is 5.32 Å². The Balaban J connectivity index is 1.59. The van der Waals surface area contributed by atoms with E-state index in [-0.39, 0.29) is 5.91 Å². The van der Waals surface area contributed by atoms with Crippen molar-refractivity contribution in [3.8, 4) is 0 Å². The van der Waals surface area contributed by atoms with Crippen LogP contribution in [0.1, 0.15) is 27.2 Å². The van der Waals surface area contributed by atoms with E-state index in [0.717, 1.165) is 17.7 Å². The molecule has 23 heavy (non-hydrogen) atoms. The summed E-state index contributed by atoms with van der Waals surface area (Å²) in [5, 5.41) is 10.3. The molecule has 5 heteroatoms. The third-order valence-corrected chi connectivity index (χ3v) is 3.41. The standard InChI is InChI=1S/C18H16N4O/c23-18(20-11-15-8-9-21-22-12-15)16-6-7-17(19-13-16)10-14-4-2-1-3-5-14/h1-9,12-13H,10-11H2,(H,20,23). The zero-order valence-corrected chi connectivity index (χ0v) is 12.5. The molecule has 3 rings (SSSR count). The molecule has 1 amide bonds. The number of hydrogen-bond acceptors (Lipinski definition) is 4. The van der Waals surface area contributed by atoms with Gasteiger partial charge in [-0.2, -0.15) is 10.2 Å². The van der Waals surface area contributed by atoms with Gasteiger partial charge in [0.1, 0.15) is 0 Å². The van der Waals surface area contributed by atoms with Crippen LogP contribution in [0.15, 0.2) is 67.1 Å². The highest BCUT2D eigenvalue weighted by atomic mass is 16.1. The molecule has 3 aromatic rings. The second kappa shape index (κ2) is 7.26. The van der Waals surface area contributed by atoms with E-state index < -0.39 is 0 Å². The summed E-state index contributed by atoms with van der Waals surface area (Å²) in [7, 11) is 0. The summed E-state index contributed by atoms with van der Waals surface area (Å²) in [6.07, 6.45) is 5.59. The third-order valence-electron chi connectivity index (χ3n) is 3.41. The second-order valence-corrected chi connectivity index (χ2v) is 5.13. The van der Waals surface area contributed by atoms with Crippen molar-refractivity contribution < 1.29 is 4.79 Å². The van der Waals surface area contributed by atoms with E-state index in [1.165, 1.54) is 5.56 Å². The Kier molecular flexibility index (Phi) is 4.69. The van der Waals surface area contributed by atoms with Crippen LogP contribution in [0.3, 0.4) is 0 Å². The number of pyridine rings is 1. The van der Waals surface area contributed by atoms with Crippen molar-refractivity contribution in [2.45, 2.75) is 13.0 Å². The maximum absolute atomic E-state index is 12.1. The fourth-order valence-electron chi connectivity index (χ4n) is 2.18. The summed E-state index contributed by atoms with van der Waals surface area (Å²) in [5.41, 5.74) is 3.58. The Hall–Kier alpha value is -3.08. The van der Waals surface area contributed by atoms with Gasteiger partial charge in [-0.3, -0.25) is 9.78 Å². The SMILES string of the molecule is O=C(NCc1ccnnc1)c1ccc(Cc2ccccc2)nc1. The quantitative estimate of drug-likeness (QED) is 0.786. The highest BCUT2D eigenvalue weighted by Crippen LogP contribution is 2.08. The lowest BCUT2D eigenvalue weighted by Crippen LogP contribution is -2.23. The number of benzene rings is 1. The number of hydrogen-bond donors (Lipinski definition) is 1. The average molecular weight is 304 g/mol. The molecule has 0 aliphatic rings. The second-order valence-electron chi connectivity index (χ2n) is 5.13. The molecule has 1 N–H and O–H groups in total.